The van der Waals surface area contributed by atoms with Gasteiger partial charge in [0.1, 0.15) is 5.57 Å². The number of methoxy groups -OCH3 is 2. The number of carbonyl (C=O) groups excluding carboxylic acids is 2. The Kier molecular flexibility index (Phi) is 5.98. The normalized spacial score (nSPS) is 15.5. The van der Waals surface area contributed by atoms with E-state index in [-0.39, 0.29) is 10.7 Å². The van der Waals surface area contributed by atoms with Crippen LogP contribution < -0.4 is 19.7 Å². The molecule has 6 nitrogen and oxygen atoms in total. The molecule has 0 atom stereocenters. The van der Waals surface area contributed by atoms with Crippen LogP contribution in [0.4, 0.5) is 5.69 Å². The Labute approximate surface area is 175 Å². The molecule has 0 spiro atoms. The zero-order valence-corrected chi connectivity index (χ0v) is 17.6. The van der Waals surface area contributed by atoms with Gasteiger partial charge in [-0.2, -0.15) is 0 Å². The number of hydrogen-bond donors (Lipinski definition) is 1. The molecule has 3 rings (SSSR count). The Morgan fingerprint density at radius 1 is 1.07 bits per heavy atom. The van der Waals surface area contributed by atoms with Crippen molar-refractivity contribution in [1.82, 2.24) is 5.32 Å². The van der Waals surface area contributed by atoms with Crippen LogP contribution >= 0.6 is 12.2 Å². The van der Waals surface area contributed by atoms with Crippen LogP contribution in [0.2, 0.25) is 0 Å². The highest BCUT2D eigenvalue weighted by Gasteiger charge is 2.34. The minimum atomic E-state index is -0.532. The van der Waals surface area contributed by atoms with Crippen molar-refractivity contribution in [2.75, 3.05) is 19.1 Å². The number of nitrogens with one attached hydrogen (secondary N) is 1. The van der Waals surface area contributed by atoms with Gasteiger partial charge in [-0.05, 0) is 72.6 Å². The van der Waals surface area contributed by atoms with Gasteiger partial charge in [0.25, 0.3) is 11.8 Å². The summed E-state index contributed by atoms with van der Waals surface area (Å²) in [6.45, 7) is 3.92. The van der Waals surface area contributed by atoms with E-state index >= 15 is 0 Å². The Hall–Kier alpha value is -3.19. The van der Waals surface area contributed by atoms with Crippen LogP contribution in [0.25, 0.3) is 6.08 Å². The minimum Gasteiger partial charge on any atom is -0.493 e. The molecule has 1 heterocycles. The third-order valence-corrected chi connectivity index (χ3v) is 5.06. The van der Waals surface area contributed by atoms with E-state index < -0.39 is 11.8 Å². The maximum atomic E-state index is 13.1. The predicted octanol–water partition coefficient (Wildman–Crippen LogP) is 3.41. The lowest BCUT2D eigenvalue weighted by Crippen LogP contribution is -2.54. The first-order valence-electron chi connectivity index (χ1n) is 9.12. The summed E-state index contributed by atoms with van der Waals surface area (Å²) in [4.78, 5) is 27.0. The number of aryl methyl sites for hydroxylation is 2. The van der Waals surface area contributed by atoms with Gasteiger partial charge in [0.05, 0.1) is 19.9 Å². The van der Waals surface area contributed by atoms with Crippen LogP contribution in [0.1, 0.15) is 23.6 Å². The summed E-state index contributed by atoms with van der Waals surface area (Å²) < 4.78 is 10.6. The number of ether oxygens (including phenoxy) is 2. The molecule has 0 aliphatic carbocycles. The van der Waals surface area contributed by atoms with Crippen molar-refractivity contribution >= 4 is 40.9 Å². The van der Waals surface area contributed by atoms with Crippen LogP contribution in [0.5, 0.6) is 11.5 Å². The van der Waals surface area contributed by atoms with Crippen LogP contribution in [0, 0.1) is 6.92 Å². The van der Waals surface area contributed by atoms with Gasteiger partial charge in [-0.15, -0.1) is 0 Å². The Bertz CT molecular complexity index is 1010. The fourth-order valence-electron chi connectivity index (χ4n) is 3.08. The molecule has 29 heavy (non-hydrogen) atoms. The number of thiocarbonyl (C=S) groups is 1. The van der Waals surface area contributed by atoms with Crippen LogP contribution in [0.3, 0.4) is 0 Å². The van der Waals surface area contributed by atoms with Crippen molar-refractivity contribution in [3.63, 3.8) is 0 Å². The van der Waals surface area contributed by atoms with Gasteiger partial charge in [0.15, 0.2) is 16.6 Å². The van der Waals surface area contributed by atoms with Gasteiger partial charge in [-0.3, -0.25) is 19.8 Å². The molecule has 1 N–H and O–H groups in total. The van der Waals surface area contributed by atoms with Crippen molar-refractivity contribution in [1.29, 1.82) is 0 Å². The summed E-state index contributed by atoms with van der Waals surface area (Å²) in [6.07, 6.45) is 2.43. The third-order valence-electron chi connectivity index (χ3n) is 4.78. The summed E-state index contributed by atoms with van der Waals surface area (Å²) in [6, 6.07) is 11.0. The average Bonchev–Trinajstić information content (AvgIpc) is 2.72. The number of carbonyl (C=O) groups is 2. The molecule has 1 saturated heterocycles. The molecule has 150 valence electrons. The van der Waals surface area contributed by atoms with Crippen molar-refractivity contribution in [2.24, 2.45) is 0 Å². The Morgan fingerprint density at radius 3 is 2.28 bits per heavy atom. The van der Waals surface area contributed by atoms with E-state index in [1.54, 1.807) is 25.3 Å². The molecule has 0 radical (unpaired) electrons. The van der Waals surface area contributed by atoms with Crippen LogP contribution in [0.15, 0.2) is 42.0 Å². The molecule has 0 aromatic heterocycles. The largest absolute Gasteiger partial charge is 0.493 e. The second-order valence-electron chi connectivity index (χ2n) is 6.54. The lowest BCUT2D eigenvalue weighted by atomic mass is 10.0. The maximum absolute atomic E-state index is 13.1. The van der Waals surface area contributed by atoms with E-state index in [1.165, 1.54) is 12.0 Å². The number of anilines is 1. The second kappa shape index (κ2) is 8.45. The number of hydrogen-bond acceptors (Lipinski definition) is 5. The lowest BCUT2D eigenvalue weighted by molar-refractivity contribution is -0.122. The average molecular weight is 410 g/mol. The molecule has 2 amide bonds. The molecule has 1 aliphatic heterocycles. The topological polar surface area (TPSA) is 67.9 Å². The summed E-state index contributed by atoms with van der Waals surface area (Å²) in [7, 11) is 3.08. The smallest absolute Gasteiger partial charge is 0.270 e. The SMILES string of the molecule is CCc1ccc(N2C(=O)/C(=C/c3cc(OC)c(OC)cc3C)C(=O)NC2=S)cc1. The van der Waals surface area contributed by atoms with Gasteiger partial charge < -0.3 is 9.47 Å². The highest BCUT2D eigenvalue weighted by Crippen LogP contribution is 2.32. The first-order chi connectivity index (χ1) is 13.9. The highest BCUT2D eigenvalue weighted by atomic mass is 32.1. The molecular formula is C22H22N2O4S. The van der Waals surface area contributed by atoms with Crippen molar-refractivity contribution in [2.45, 2.75) is 20.3 Å². The molecular weight excluding hydrogens is 388 g/mol. The minimum absolute atomic E-state index is 0.00603. The number of rotatable bonds is 5. The quantitative estimate of drug-likeness (QED) is 0.465. The summed E-state index contributed by atoms with van der Waals surface area (Å²) in [5, 5.41) is 2.66. The number of amides is 2. The molecule has 0 unspecified atom stereocenters. The molecule has 2 aromatic rings. The molecule has 0 bridgehead atoms. The Balaban J connectivity index is 2.03. The van der Waals surface area contributed by atoms with Gasteiger partial charge in [-0.1, -0.05) is 19.1 Å². The molecule has 2 aromatic carbocycles. The van der Waals surface area contributed by atoms with E-state index in [0.29, 0.717) is 22.7 Å². The van der Waals surface area contributed by atoms with Gasteiger partial charge in [0, 0.05) is 0 Å². The van der Waals surface area contributed by atoms with Crippen LogP contribution in [-0.2, 0) is 16.0 Å². The first kappa shape index (κ1) is 20.5. The van der Waals surface area contributed by atoms with E-state index in [0.717, 1.165) is 17.5 Å². The van der Waals surface area contributed by atoms with E-state index in [4.69, 9.17) is 21.7 Å². The van der Waals surface area contributed by atoms with Crippen LogP contribution in [-0.4, -0.2) is 31.1 Å². The van der Waals surface area contributed by atoms with Gasteiger partial charge in [0.2, 0.25) is 0 Å². The van der Waals surface area contributed by atoms with E-state index in [9.17, 15) is 9.59 Å². The second-order valence-corrected chi connectivity index (χ2v) is 6.93. The van der Waals surface area contributed by atoms with Crippen molar-refractivity contribution in [3.05, 3.63) is 58.7 Å². The molecule has 1 fully saturated rings. The zero-order valence-electron chi connectivity index (χ0n) is 16.7. The monoisotopic (exact) mass is 410 g/mol. The number of nitrogens with zero attached hydrogens (tertiary/aromatic N) is 1. The fourth-order valence-corrected chi connectivity index (χ4v) is 3.36. The van der Waals surface area contributed by atoms with Crippen molar-refractivity contribution in [3.8, 4) is 11.5 Å². The molecule has 7 heteroatoms. The van der Waals surface area contributed by atoms with Gasteiger partial charge in [-0.25, -0.2) is 0 Å². The first-order valence-corrected chi connectivity index (χ1v) is 9.53. The van der Waals surface area contributed by atoms with E-state index in [1.807, 2.05) is 31.2 Å². The number of benzene rings is 2. The van der Waals surface area contributed by atoms with Crippen molar-refractivity contribution < 1.29 is 19.1 Å². The van der Waals surface area contributed by atoms with Gasteiger partial charge >= 0.3 is 0 Å². The third kappa shape index (κ3) is 4.00. The lowest BCUT2D eigenvalue weighted by Gasteiger charge is -2.29. The maximum Gasteiger partial charge on any atom is 0.270 e. The highest BCUT2D eigenvalue weighted by molar-refractivity contribution is 7.80. The molecule has 0 saturated carbocycles. The zero-order chi connectivity index (χ0) is 21.1. The Morgan fingerprint density at radius 2 is 1.69 bits per heavy atom. The standard InChI is InChI=1S/C22H22N2O4S/c1-5-14-6-8-16(9-7-14)24-21(26)17(20(25)23-22(24)29)11-15-12-19(28-4)18(27-3)10-13(15)2/h6-12H,5H2,1-4H3,(H,23,25,29)/b17-11+. The summed E-state index contributed by atoms with van der Waals surface area (Å²) in [5.41, 5.74) is 3.25. The summed E-state index contributed by atoms with van der Waals surface area (Å²) in [5.74, 6) is 0.0781. The fraction of sp³-hybridized carbons (Fsp3) is 0.227. The predicted molar refractivity (Wildman–Crippen MR) is 116 cm³/mol. The van der Waals surface area contributed by atoms with E-state index in [2.05, 4.69) is 12.2 Å². The molecule has 1 aliphatic rings. The summed E-state index contributed by atoms with van der Waals surface area (Å²) >= 11 is 5.25.